The maximum atomic E-state index is 12.8. The lowest BCUT2D eigenvalue weighted by atomic mass is 10.1. The number of rotatable bonds is 5. The first kappa shape index (κ1) is 20.1. The molecule has 31 heavy (non-hydrogen) atoms. The minimum absolute atomic E-state index is 0.0900. The van der Waals surface area contributed by atoms with Crippen molar-refractivity contribution in [3.05, 3.63) is 61.8 Å². The van der Waals surface area contributed by atoms with Crippen molar-refractivity contribution in [1.82, 2.24) is 14.5 Å². The zero-order chi connectivity index (χ0) is 21.5. The van der Waals surface area contributed by atoms with Crippen molar-refractivity contribution in [2.24, 2.45) is 0 Å². The normalized spacial score (nSPS) is 13.0. The maximum Gasteiger partial charge on any atom is 0.262 e. The molecule has 1 aliphatic rings. The van der Waals surface area contributed by atoms with Crippen molar-refractivity contribution in [3.8, 4) is 11.3 Å². The highest BCUT2D eigenvalue weighted by Crippen LogP contribution is 2.30. The van der Waals surface area contributed by atoms with E-state index in [1.54, 1.807) is 0 Å². The van der Waals surface area contributed by atoms with Gasteiger partial charge in [-0.25, -0.2) is 9.97 Å². The van der Waals surface area contributed by atoms with E-state index in [9.17, 15) is 9.59 Å². The third kappa shape index (κ3) is 3.81. The minimum Gasteiger partial charge on any atom is -0.302 e. The lowest BCUT2D eigenvalue weighted by Crippen LogP contribution is -2.23. The van der Waals surface area contributed by atoms with E-state index in [0.29, 0.717) is 10.5 Å². The summed E-state index contributed by atoms with van der Waals surface area (Å²) in [4.78, 5) is 36.0. The molecular formula is C23H22N4O2S2. The van der Waals surface area contributed by atoms with E-state index >= 15 is 0 Å². The summed E-state index contributed by atoms with van der Waals surface area (Å²) in [5.41, 5.74) is 5.69. The molecule has 5 rings (SSSR count). The molecule has 158 valence electrons. The molecule has 0 unspecified atom stereocenters. The molecule has 0 radical (unpaired) electrons. The molecule has 0 spiro atoms. The van der Waals surface area contributed by atoms with Gasteiger partial charge in [0.2, 0.25) is 5.91 Å². The fourth-order valence-electron chi connectivity index (χ4n) is 4.03. The topological polar surface area (TPSA) is 76.9 Å². The van der Waals surface area contributed by atoms with Gasteiger partial charge in [0.15, 0.2) is 5.13 Å². The van der Waals surface area contributed by atoms with Gasteiger partial charge in [0.25, 0.3) is 5.56 Å². The number of aromatic nitrogens is 3. The number of nitrogens with one attached hydrogen (secondary N) is 1. The van der Waals surface area contributed by atoms with Gasteiger partial charge in [-0.3, -0.25) is 14.2 Å². The fourth-order valence-corrected chi connectivity index (χ4v) is 5.75. The minimum atomic E-state index is -0.167. The lowest BCUT2D eigenvalue weighted by Gasteiger charge is -2.06. The predicted octanol–water partition coefficient (Wildman–Crippen LogP) is 4.72. The number of benzene rings is 1. The van der Waals surface area contributed by atoms with Crippen LogP contribution in [0.25, 0.3) is 21.5 Å². The van der Waals surface area contributed by atoms with Crippen LogP contribution in [0.3, 0.4) is 0 Å². The number of carbonyl (C=O) groups excluding carboxylic acids is 1. The Morgan fingerprint density at radius 2 is 2.06 bits per heavy atom. The second kappa shape index (κ2) is 8.01. The van der Waals surface area contributed by atoms with E-state index in [4.69, 9.17) is 0 Å². The monoisotopic (exact) mass is 450 g/mol. The Hall–Kier alpha value is -2.84. The summed E-state index contributed by atoms with van der Waals surface area (Å²) in [7, 11) is 0. The van der Waals surface area contributed by atoms with Gasteiger partial charge in [-0.1, -0.05) is 12.1 Å². The van der Waals surface area contributed by atoms with Gasteiger partial charge < -0.3 is 5.32 Å². The van der Waals surface area contributed by atoms with Gasteiger partial charge >= 0.3 is 0 Å². The van der Waals surface area contributed by atoms with Gasteiger partial charge in [-0.15, -0.1) is 22.7 Å². The number of thiazole rings is 1. The molecule has 0 bridgehead atoms. The Balaban J connectivity index is 1.26. The lowest BCUT2D eigenvalue weighted by molar-refractivity contribution is -0.116. The molecule has 1 aromatic carbocycles. The number of aryl methyl sites for hydroxylation is 5. The highest BCUT2D eigenvalue weighted by atomic mass is 32.1. The van der Waals surface area contributed by atoms with E-state index in [1.165, 1.54) is 51.1 Å². The van der Waals surface area contributed by atoms with Gasteiger partial charge in [-0.05, 0) is 55.9 Å². The van der Waals surface area contributed by atoms with Crippen molar-refractivity contribution >= 4 is 43.9 Å². The van der Waals surface area contributed by atoms with E-state index in [0.717, 1.165) is 39.4 Å². The summed E-state index contributed by atoms with van der Waals surface area (Å²) in [6, 6.07) is 6.51. The van der Waals surface area contributed by atoms with Crippen molar-refractivity contribution in [2.75, 3.05) is 5.32 Å². The molecule has 1 aliphatic carbocycles. The van der Waals surface area contributed by atoms with Crippen LogP contribution in [0.15, 0.2) is 34.7 Å². The van der Waals surface area contributed by atoms with Crippen LogP contribution in [0, 0.1) is 13.8 Å². The Kier molecular flexibility index (Phi) is 5.19. The van der Waals surface area contributed by atoms with Gasteiger partial charge in [0, 0.05) is 28.8 Å². The van der Waals surface area contributed by atoms with Crippen LogP contribution >= 0.6 is 22.7 Å². The van der Waals surface area contributed by atoms with Crippen LogP contribution < -0.4 is 10.9 Å². The molecule has 4 aromatic rings. The largest absolute Gasteiger partial charge is 0.302 e. The number of carbonyl (C=O) groups is 1. The number of anilines is 1. The summed E-state index contributed by atoms with van der Waals surface area (Å²) in [5.74, 6) is -0.167. The van der Waals surface area contributed by atoms with Crippen LogP contribution in [-0.2, 0) is 24.2 Å². The Labute approximate surface area is 187 Å². The Bertz CT molecular complexity index is 1370. The smallest absolute Gasteiger partial charge is 0.262 e. The van der Waals surface area contributed by atoms with Gasteiger partial charge in [0.05, 0.1) is 17.4 Å². The van der Waals surface area contributed by atoms with Crippen molar-refractivity contribution in [2.45, 2.75) is 46.1 Å². The fraction of sp³-hybridized carbons (Fsp3) is 0.304. The van der Waals surface area contributed by atoms with Crippen molar-refractivity contribution in [3.63, 3.8) is 0 Å². The Morgan fingerprint density at radius 3 is 2.94 bits per heavy atom. The van der Waals surface area contributed by atoms with Crippen LogP contribution in [0.4, 0.5) is 5.13 Å². The molecule has 8 heteroatoms. The first-order valence-corrected chi connectivity index (χ1v) is 12.0. The van der Waals surface area contributed by atoms with E-state index in [-0.39, 0.29) is 24.4 Å². The van der Waals surface area contributed by atoms with E-state index in [2.05, 4.69) is 33.5 Å². The third-order valence-electron chi connectivity index (χ3n) is 5.88. The molecule has 3 heterocycles. The molecule has 6 nitrogen and oxygen atoms in total. The van der Waals surface area contributed by atoms with Gasteiger partial charge in [-0.2, -0.15) is 0 Å². The van der Waals surface area contributed by atoms with Crippen molar-refractivity contribution in [1.29, 1.82) is 0 Å². The highest BCUT2D eigenvalue weighted by molar-refractivity contribution is 7.18. The molecule has 0 aliphatic heterocycles. The Morgan fingerprint density at radius 1 is 1.23 bits per heavy atom. The highest BCUT2D eigenvalue weighted by Gasteiger charge is 2.15. The van der Waals surface area contributed by atoms with Crippen molar-refractivity contribution < 1.29 is 4.79 Å². The molecule has 1 N–H and O–H groups in total. The second-order valence-corrected chi connectivity index (χ2v) is 9.94. The quantitative estimate of drug-likeness (QED) is 0.477. The molecular weight excluding hydrogens is 428 g/mol. The summed E-state index contributed by atoms with van der Waals surface area (Å²) in [5, 5.41) is 6.06. The maximum absolute atomic E-state index is 12.8. The first-order valence-electron chi connectivity index (χ1n) is 10.3. The second-order valence-electron chi connectivity index (χ2n) is 7.88. The summed E-state index contributed by atoms with van der Waals surface area (Å²) < 4.78 is 1.51. The third-order valence-corrected chi connectivity index (χ3v) is 7.75. The SMILES string of the molecule is Cc1sc2ncn(CCC(=O)Nc3nc(-c4ccc5c(c4)CCC5)cs3)c(=O)c2c1C. The number of nitrogens with zero attached hydrogens (tertiary/aromatic N) is 3. The van der Waals surface area contributed by atoms with E-state index < -0.39 is 0 Å². The number of hydrogen-bond acceptors (Lipinski definition) is 6. The number of amides is 1. The predicted molar refractivity (Wildman–Crippen MR) is 126 cm³/mol. The number of thiophene rings is 1. The van der Waals surface area contributed by atoms with Crippen LogP contribution in [0.1, 0.15) is 34.4 Å². The molecule has 1 amide bonds. The number of hydrogen-bond donors (Lipinski definition) is 1. The molecule has 0 atom stereocenters. The average molecular weight is 451 g/mol. The first-order chi connectivity index (χ1) is 15.0. The van der Waals surface area contributed by atoms with E-state index in [1.807, 2.05) is 19.2 Å². The zero-order valence-electron chi connectivity index (χ0n) is 17.4. The standard InChI is InChI=1S/C23H22N4O2S2/c1-13-14(2)31-21-20(13)22(29)27(12-24-21)9-8-19(28)26-23-25-18(11-30-23)17-7-6-15-4-3-5-16(15)10-17/h6-7,10-12H,3-5,8-9H2,1-2H3,(H,25,26,28). The molecule has 3 aromatic heterocycles. The van der Waals surface area contributed by atoms with Crippen LogP contribution in [0.2, 0.25) is 0 Å². The molecule has 0 fully saturated rings. The summed E-state index contributed by atoms with van der Waals surface area (Å²) in [6.45, 7) is 4.21. The summed E-state index contributed by atoms with van der Waals surface area (Å²) in [6.07, 6.45) is 5.21. The zero-order valence-corrected chi connectivity index (χ0v) is 19.0. The average Bonchev–Trinajstić information content (AvgIpc) is 3.47. The number of fused-ring (bicyclic) bond motifs is 2. The molecule has 0 saturated carbocycles. The van der Waals surface area contributed by atoms with Crippen LogP contribution in [-0.4, -0.2) is 20.4 Å². The van der Waals surface area contributed by atoms with Gasteiger partial charge in [0.1, 0.15) is 4.83 Å². The summed E-state index contributed by atoms with van der Waals surface area (Å²) >= 11 is 2.94. The van der Waals surface area contributed by atoms with Crippen LogP contribution in [0.5, 0.6) is 0 Å². The molecule has 0 saturated heterocycles.